The van der Waals surface area contributed by atoms with Crippen molar-refractivity contribution in [1.29, 1.82) is 0 Å². The van der Waals surface area contributed by atoms with Gasteiger partial charge in [-0.05, 0) is 42.9 Å². The van der Waals surface area contributed by atoms with Gasteiger partial charge < -0.3 is 15.7 Å². The Hall–Kier alpha value is -1.07. The molecule has 0 aromatic heterocycles. The zero-order chi connectivity index (χ0) is 14.5. The molecule has 110 valence electrons. The van der Waals surface area contributed by atoms with E-state index >= 15 is 0 Å². The van der Waals surface area contributed by atoms with Crippen molar-refractivity contribution in [1.82, 2.24) is 10.6 Å². The number of benzene rings is 1. The van der Waals surface area contributed by atoms with Gasteiger partial charge in [0.1, 0.15) is 0 Å². The van der Waals surface area contributed by atoms with E-state index in [4.69, 9.17) is 5.11 Å². The zero-order valence-corrected chi connectivity index (χ0v) is 13.2. The Labute approximate surface area is 128 Å². The second-order valence-electron chi connectivity index (χ2n) is 5.13. The van der Waals surface area contributed by atoms with Gasteiger partial charge in [-0.3, -0.25) is 0 Å². The van der Waals surface area contributed by atoms with Gasteiger partial charge >= 0.3 is 6.03 Å². The molecule has 0 saturated carbocycles. The highest BCUT2D eigenvalue weighted by molar-refractivity contribution is 9.10. The third kappa shape index (κ3) is 3.52. The molecule has 0 radical (unpaired) electrons. The number of urea groups is 1. The minimum absolute atomic E-state index is 0.0309. The van der Waals surface area contributed by atoms with E-state index in [0.717, 1.165) is 23.7 Å². The third-order valence-electron chi connectivity index (χ3n) is 3.82. The Bertz CT molecular complexity index is 479. The first kappa shape index (κ1) is 15.3. The number of carbonyl (C=O) groups is 1. The van der Waals surface area contributed by atoms with Crippen molar-refractivity contribution < 1.29 is 9.90 Å². The van der Waals surface area contributed by atoms with E-state index in [1.165, 1.54) is 11.1 Å². The van der Waals surface area contributed by atoms with Crippen LogP contribution in [0.1, 0.15) is 43.4 Å². The maximum Gasteiger partial charge on any atom is 0.315 e. The van der Waals surface area contributed by atoms with Gasteiger partial charge in [-0.25, -0.2) is 4.79 Å². The summed E-state index contributed by atoms with van der Waals surface area (Å²) >= 11 is 3.56. The van der Waals surface area contributed by atoms with Crippen molar-refractivity contribution >= 4 is 22.0 Å². The lowest BCUT2D eigenvalue weighted by Gasteiger charge is -2.19. The summed E-state index contributed by atoms with van der Waals surface area (Å²) in [7, 11) is 0. The van der Waals surface area contributed by atoms with Gasteiger partial charge in [0.05, 0.1) is 6.04 Å². The molecule has 3 N–H and O–H groups in total. The number of rotatable bonds is 5. The van der Waals surface area contributed by atoms with Gasteiger partial charge in [-0.2, -0.15) is 0 Å². The van der Waals surface area contributed by atoms with E-state index in [1.807, 2.05) is 19.1 Å². The smallest absolute Gasteiger partial charge is 0.315 e. The summed E-state index contributed by atoms with van der Waals surface area (Å²) < 4.78 is 1.12. The monoisotopic (exact) mass is 340 g/mol. The topological polar surface area (TPSA) is 61.4 Å². The predicted octanol–water partition coefficient (Wildman–Crippen LogP) is 2.90. The Balaban J connectivity index is 1.96. The van der Waals surface area contributed by atoms with E-state index < -0.39 is 0 Å². The fourth-order valence-corrected chi connectivity index (χ4v) is 3.26. The van der Waals surface area contributed by atoms with E-state index in [-0.39, 0.29) is 24.7 Å². The summed E-state index contributed by atoms with van der Waals surface area (Å²) in [5, 5.41) is 14.9. The molecule has 0 spiro atoms. The largest absolute Gasteiger partial charge is 0.396 e. The minimum atomic E-state index is -0.150. The molecule has 2 rings (SSSR count). The SMILES string of the molecule is CCC(CCO)NC(=O)NC1CCc2c(Br)cccc21. The number of aliphatic hydroxyl groups excluding tert-OH is 1. The summed E-state index contributed by atoms with van der Waals surface area (Å²) in [6, 6.07) is 6.07. The number of fused-ring (bicyclic) bond motifs is 1. The molecular weight excluding hydrogens is 320 g/mol. The molecule has 1 aliphatic carbocycles. The highest BCUT2D eigenvalue weighted by Crippen LogP contribution is 2.35. The molecule has 20 heavy (non-hydrogen) atoms. The molecule has 0 saturated heterocycles. The number of hydrogen-bond acceptors (Lipinski definition) is 2. The lowest BCUT2D eigenvalue weighted by atomic mass is 10.1. The summed E-state index contributed by atoms with van der Waals surface area (Å²) in [5.41, 5.74) is 2.49. The van der Waals surface area contributed by atoms with Crippen LogP contribution in [0.2, 0.25) is 0 Å². The maximum atomic E-state index is 12.0. The number of halogens is 1. The summed E-state index contributed by atoms with van der Waals surface area (Å²) in [4.78, 5) is 12.0. The van der Waals surface area contributed by atoms with E-state index in [0.29, 0.717) is 6.42 Å². The molecule has 5 heteroatoms. The molecule has 2 atom stereocenters. The first-order chi connectivity index (χ1) is 9.65. The molecule has 2 amide bonds. The van der Waals surface area contributed by atoms with Gasteiger partial charge in [0.25, 0.3) is 0 Å². The number of aliphatic hydroxyl groups is 1. The Morgan fingerprint density at radius 1 is 1.55 bits per heavy atom. The molecule has 0 heterocycles. The van der Waals surface area contributed by atoms with Crippen LogP contribution in [-0.2, 0) is 6.42 Å². The first-order valence-electron chi connectivity index (χ1n) is 7.10. The van der Waals surface area contributed by atoms with Crippen LogP contribution in [0, 0.1) is 0 Å². The van der Waals surface area contributed by atoms with Crippen LogP contribution in [0.5, 0.6) is 0 Å². The minimum Gasteiger partial charge on any atom is -0.396 e. The number of nitrogens with one attached hydrogen (secondary N) is 2. The summed E-state index contributed by atoms with van der Waals surface area (Å²) in [6.07, 6.45) is 3.33. The molecule has 1 aliphatic rings. The van der Waals surface area contributed by atoms with Crippen molar-refractivity contribution in [2.75, 3.05) is 6.61 Å². The zero-order valence-electron chi connectivity index (χ0n) is 11.7. The number of carbonyl (C=O) groups excluding carboxylic acids is 1. The second kappa shape index (κ2) is 7.09. The predicted molar refractivity (Wildman–Crippen MR) is 82.7 cm³/mol. The maximum absolute atomic E-state index is 12.0. The fraction of sp³-hybridized carbons (Fsp3) is 0.533. The van der Waals surface area contributed by atoms with Crippen molar-refractivity contribution in [3.8, 4) is 0 Å². The Kier molecular flexibility index (Phi) is 5.43. The Morgan fingerprint density at radius 3 is 3.05 bits per heavy atom. The van der Waals surface area contributed by atoms with Crippen molar-refractivity contribution in [2.45, 2.75) is 44.7 Å². The average molecular weight is 341 g/mol. The van der Waals surface area contributed by atoms with Gasteiger partial charge in [-0.1, -0.05) is 35.0 Å². The third-order valence-corrected chi connectivity index (χ3v) is 4.57. The molecule has 1 aromatic rings. The molecular formula is C15H21BrN2O2. The lowest BCUT2D eigenvalue weighted by molar-refractivity contribution is 0.224. The molecule has 1 aromatic carbocycles. The van der Waals surface area contributed by atoms with E-state index in [2.05, 4.69) is 32.6 Å². The van der Waals surface area contributed by atoms with E-state index in [9.17, 15) is 4.79 Å². The average Bonchev–Trinajstić information content (AvgIpc) is 2.83. The van der Waals surface area contributed by atoms with Crippen LogP contribution < -0.4 is 10.6 Å². The molecule has 0 fully saturated rings. The van der Waals surface area contributed by atoms with Crippen LogP contribution in [0.4, 0.5) is 4.79 Å². The highest BCUT2D eigenvalue weighted by Gasteiger charge is 2.25. The van der Waals surface area contributed by atoms with Crippen LogP contribution in [-0.4, -0.2) is 23.8 Å². The van der Waals surface area contributed by atoms with Gasteiger partial charge in [0, 0.05) is 17.1 Å². The van der Waals surface area contributed by atoms with Crippen molar-refractivity contribution in [3.05, 3.63) is 33.8 Å². The van der Waals surface area contributed by atoms with Gasteiger partial charge in [-0.15, -0.1) is 0 Å². The standard InChI is InChI=1S/C15H21BrN2O2/c1-2-10(8-9-19)17-15(20)18-14-7-6-11-12(14)4-3-5-13(11)16/h3-5,10,14,19H,2,6-9H2,1H3,(H2,17,18,20). The fourth-order valence-electron chi connectivity index (χ4n) is 2.68. The Morgan fingerprint density at radius 2 is 2.35 bits per heavy atom. The van der Waals surface area contributed by atoms with Crippen molar-refractivity contribution in [2.24, 2.45) is 0 Å². The molecule has 2 unspecified atom stereocenters. The normalized spacial score (nSPS) is 18.4. The highest BCUT2D eigenvalue weighted by atomic mass is 79.9. The quantitative estimate of drug-likeness (QED) is 0.771. The molecule has 4 nitrogen and oxygen atoms in total. The summed E-state index contributed by atoms with van der Waals surface area (Å²) in [6.45, 7) is 2.10. The van der Waals surface area contributed by atoms with Crippen LogP contribution in [0.15, 0.2) is 22.7 Å². The number of amides is 2. The first-order valence-corrected chi connectivity index (χ1v) is 7.90. The second-order valence-corrected chi connectivity index (χ2v) is 5.99. The van der Waals surface area contributed by atoms with Gasteiger partial charge in [0.2, 0.25) is 0 Å². The molecule has 0 bridgehead atoms. The van der Waals surface area contributed by atoms with Crippen LogP contribution in [0.25, 0.3) is 0 Å². The summed E-state index contributed by atoms with van der Waals surface area (Å²) in [5.74, 6) is 0. The number of hydrogen-bond donors (Lipinski definition) is 3. The van der Waals surface area contributed by atoms with Gasteiger partial charge in [0.15, 0.2) is 0 Å². The van der Waals surface area contributed by atoms with E-state index in [1.54, 1.807) is 0 Å². The lowest BCUT2D eigenvalue weighted by Crippen LogP contribution is -2.43. The van der Waals surface area contributed by atoms with Crippen LogP contribution >= 0.6 is 15.9 Å². The van der Waals surface area contributed by atoms with Crippen LogP contribution in [0.3, 0.4) is 0 Å². The molecule has 0 aliphatic heterocycles. The van der Waals surface area contributed by atoms with Crippen molar-refractivity contribution in [3.63, 3.8) is 0 Å².